The summed E-state index contributed by atoms with van der Waals surface area (Å²) in [6, 6.07) is 14.3. The number of nitrogens with one attached hydrogen (secondary N) is 1. The minimum absolute atomic E-state index is 0.0250. The maximum atomic E-state index is 10.8. The highest BCUT2D eigenvalue weighted by Gasteiger charge is 2.43. The molecule has 0 radical (unpaired) electrons. The van der Waals surface area contributed by atoms with Gasteiger partial charge in [-0.3, -0.25) is 9.88 Å². The molecule has 0 unspecified atom stereocenters. The van der Waals surface area contributed by atoms with E-state index >= 15 is 0 Å². The van der Waals surface area contributed by atoms with Crippen LogP contribution in [0.1, 0.15) is 24.8 Å². The summed E-state index contributed by atoms with van der Waals surface area (Å²) < 4.78 is 1.97. The molecule has 2 aromatic heterocycles. The zero-order chi connectivity index (χ0) is 20.4. The van der Waals surface area contributed by atoms with E-state index in [-0.39, 0.29) is 11.5 Å². The lowest BCUT2D eigenvalue weighted by Crippen LogP contribution is -2.57. The Hall–Kier alpha value is -2.54. The minimum atomic E-state index is -0.215. The lowest BCUT2D eigenvalue weighted by atomic mass is 9.72. The SMILES string of the molecule is O[C@H]1CCNC[C@]12CCCN(Cc1cn(-c3ccccc3)nc1-c1ccncc1)C2. The molecule has 30 heavy (non-hydrogen) atoms. The Morgan fingerprint density at radius 1 is 1.13 bits per heavy atom. The number of pyridine rings is 1. The van der Waals surface area contributed by atoms with Crippen molar-refractivity contribution in [2.24, 2.45) is 5.41 Å². The number of piperidine rings is 2. The van der Waals surface area contributed by atoms with Crippen molar-refractivity contribution in [1.29, 1.82) is 0 Å². The Morgan fingerprint density at radius 2 is 1.97 bits per heavy atom. The third-order valence-corrected chi connectivity index (χ3v) is 6.62. The van der Waals surface area contributed by atoms with E-state index in [0.29, 0.717) is 0 Å². The molecule has 0 aliphatic carbocycles. The van der Waals surface area contributed by atoms with Gasteiger partial charge in [-0.2, -0.15) is 5.10 Å². The number of hydrogen-bond donors (Lipinski definition) is 2. The van der Waals surface area contributed by atoms with Crippen molar-refractivity contribution < 1.29 is 5.11 Å². The summed E-state index contributed by atoms with van der Waals surface area (Å²) in [5.41, 5.74) is 4.33. The van der Waals surface area contributed by atoms with Crippen molar-refractivity contribution in [3.8, 4) is 16.9 Å². The van der Waals surface area contributed by atoms with Crippen LogP contribution in [0.15, 0.2) is 61.1 Å². The van der Waals surface area contributed by atoms with Gasteiger partial charge in [0.15, 0.2) is 0 Å². The van der Waals surface area contributed by atoms with E-state index in [0.717, 1.165) is 68.9 Å². The smallest absolute Gasteiger partial charge is 0.0973 e. The molecule has 1 spiro atoms. The summed E-state index contributed by atoms with van der Waals surface area (Å²) in [6.07, 6.45) is 8.65. The van der Waals surface area contributed by atoms with Gasteiger partial charge in [0.1, 0.15) is 0 Å². The molecule has 2 N–H and O–H groups in total. The van der Waals surface area contributed by atoms with Gasteiger partial charge < -0.3 is 10.4 Å². The van der Waals surface area contributed by atoms with Crippen LogP contribution < -0.4 is 5.32 Å². The van der Waals surface area contributed by atoms with Gasteiger partial charge in [-0.25, -0.2) is 4.68 Å². The second kappa shape index (κ2) is 8.30. The number of aliphatic hydroxyl groups excluding tert-OH is 1. The molecule has 2 aliphatic rings. The van der Waals surface area contributed by atoms with Crippen molar-refractivity contribution in [1.82, 2.24) is 25.0 Å². The topological polar surface area (TPSA) is 66.2 Å². The number of benzene rings is 1. The number of para-hydroxylation sites is 1. The van der Waals surface area contributed by atoms with Gasteiger partial charge in [0.25, 0.3) is 0 Å². The average molecular weight is 404 g/mol. The highest BCUT2D eigenvalue weighted by molar-refractivity contribution is 5.62. The Bertz CT molecular complexity index is 970. The first-order valence-electron chi connectivity index (χ1n) is 10.9. The number of likely N-dealkylation sites (tertiary alicyclic amines) is 1. The molecule has 0 bridgehead atoms. The Morgan fingerprint density at radius 3 is 2.77 bits per heavy atom. The second-order valence-corrected chi connectivity index (χ2v) is 8.68. The Balaban J connectivity index is 1.45. The van der Waals surface area contributed by atoms with Gasteiger partial charge in [0, 0.05) is 54.8 Å². The number of aliphatic hydroxyl groups is 1. The standard InChI is InChI=1S/C24H29N5O/c30-22-9-13-26-17-24(22)10-4-14-28(18-24)15-20-16-29(21-5-2-1-3-6-21)27-23(20)19-7-11-25-12-8-19/h1-3,5-8,11-12,16,22,26,30H,4,9-10,13-15,17-18H2/t22-,24-/m0/s1. The number of aromatic nitrogens is 3. The summed E-state index contributed by atoms with van der Waals surface area (Å²) in [7, 11) is 0. The molecule has 5 rings (SSSR count). The molecule has 4 heterocycles. The predicted octanol–water partition coefficient (Wildman–Crippen LogP) is 2.87. The van der Waals surface area contributed by atoms with E-state index in [4.69, 9.17) is 5.10 Å². The van der Waals surface area contributed by atoms with E-state index in [2.05, 4.69) is 33.5 Å². The fourth-order valence-corrected chi connectivity index (χ4v) is 5.04. The highest BCUT2D eigenvalue weighted by Crippen LogP contribution is 2.37. The summed E-state index contributed by atoms with van der Waals surface area (Å²) in [5.74, 6) is 0. The van der Waals surface area contributed by atoms with Crippen LogP contribution in [0.3, 0.4) is 0 Å². The van der Waals surface area contributed by atoms with Crippen molar-refractivity contribution in [2.75, 3.05) is 26.2 Å². The zero-order valence-corrected chi connectivity index (χ0v) is 17.2. The van der Waals surface area contributed by atoms with E-state index in [1.165, 1.54) is 5.56 Å². The van der Waals surface area contributed by atoms with Crippen molar-refractivity contribution in [2.45, 2.75) is 31.9 Å². The van der Waals surface area contributed by atoms with Crippen molar-refractivity contribution >= 4 is 0 Å². The molecule has 6 heteroatoms. The van der Waals surface area contributed by atoms with Crippen molar-refractivity contribution in [3.63, 3.8) is 0 Å². The Kier molecular flexibility index (Phi) is 5.37. The predicted molar refractivity (Wildman–Crippen MR) is 117 cm³/mol. The number of hydrogen-bond acceptors (Lipinski definition) is 5. The van der Waals surface area contributed by atoms with E-state index < -0.39 is 0 Å². The number of rotatable bonds is 4. The summed E-state index contributed by atoms with van der Waals surface area (Å²) in [4.78, 5) is 6.66. The molecule has 0 amide bonds. The molecule has 0 saturated carbocycles. The lowest BCUT2D eigenvalue weighted by Gasteiger charge is -2.48. The molecule has 2 saturated heterocycles. The first-order chi connectivity index (χ1) is 14.7. The quantitative estimate of drug-likeness (QED) is 0.701. The molecule has 2 aliphatic heterocycles. The summed E-state index contributed by atoms with van der Waals surface area (Å²) in [5, 5.41) is 19.2. The van der Waals surface area contributed by atoms with Gasteiger partial charge in [-0.1, -0.05) is 18.2 Å². The van der Waals surface area contributed by atoms with Crippen LogP contribution in [-0.4, -0.2) is 57.1 Å². The fourth-order valence-electron chi connectivity index (χ4n) is 5.04. The van der Waals surface area contributed by atoms with Crippen LogP contribution in [0.4, 0.5) is 0 Å². The van der Waals surface area contributed by atoms with Crippen LogP contribution in [0.25, 0.3) is 16.9 Å². The molecular weight excluding hydrogens is 374 g/mol. The molecule has 1 aromatic carbocycles. The van der Waals surface area contributed by atoms with Crippen LogP contribution in [0.5, 0.6) is 0 Å². The van der Waals surface area contributed by atoms with Gasteiger partial charge in [0.2, 0.25) is 0 Å². The van der Waals surface area contributed by atoms with Crippen LogP contribution in [0.2, 0.25) is 0 Å². The third kappa shape index (κ3) is 3.78. The van der Waals surface area contributed by atoms with Gasteiger partial charge >= 0.3 is 0 Å². The summed E-state index contributed by atoms with van der Waals surface area (Å²) in [6.45, 7) is 4.64. The highest BCUT2D eigenvalue weighted by atomic mass is 16.3. The molecule has 3 aromatic rings. The molecule has 2 atom stereocenters. The molecule has 6 nitrogen and oxygen atoms in total. The minimum Gasteiger partial charge on any atom is -0.392 e. The van der Waals surface area contributed by atoms with Crippen molar-refractivity contribution in [3.05, 3.63) is 66.6 Å². The number of nitrogens with zero attached hydrogens (tertiary/aromatic N) is 4. The maximum absolute atomic E-state index is 10.8. The zero-order valence-electron chi connectivity index (χ0n) is 17.2. The second-order valence-electron chi connectivity index (χ2n) is 8.68. The lowest BCUT2D eigenvalue weighted by molar-refractivity contribution is -0.0514. The van der Waals surface area contributed by atoms with Crippen LogP contribution in [-0.2, 0) is 6.54 Å². The summed E-state index contributed by atoms with van der Waals surface area (Å²) >= 11 is 0. The van der Waals surface area contributed by atoms with Gasteiger partial charge in [-0.15, -0.1) is 0 Å². The van der Waals surface area contributed by atoms with E-state index in [9.17, 15) is 5.11 Å². The fraction of sp³-hybridized carbons (Fsp3) is 0.417. The van der Waals surface area contributed by atoms with Gasteiger partial charge in [0.05, 0.1) is 17.5 Å². The molecule has 2 fully saturated rings. The largest absolute Gasteiger partial charge is 0.392 e. The van der Waals surface area contributed by atoms with E-state index in [1.54, 1.807) is 0 Å². The Labute approximate surface area is 177 Å². The van der Waals surface area contributed by atoms with Crippen LogP contribution in [0, 0.1) is 5.41 Å². The normalized spacial score (nSPS) is 24.9. The first kappa shape index (κ1) is 19.4. The van der Waals surface area contributed by atoms with Gasteiger partial charge in [-0.05, 0) is 56.6 Å². The molecule has 156 valence electrons. The van der Waals surface area contributed by atoms with Crippen LogP contribution >= 0.6 is 0 Å². The monoisotopic (exact) mass is 403 g/mol. The molecular formula is C24H29N5O. The van der Waals surface area contributed by atoms with E-state index in [1.807, 2.05) is 47.4 Å². The average Bonchev–Trinajstić information content (AvgIpc) is 3.21. The first-order valence-corrected chi connectivity index (χ1v) is 10.9. The maximum Gasteiger partial charge on any atom is 0.0973 e. The third-order valence-electron chi connectivity index (χ3n) is 6.62.